The Morgan fingerprint density at radius 1 is 1.20 bits per heavy atom. The summed E-state index contributed by atoms with van der Waals surface area (Å²) >= 11 is 1.52. The van der Waals surface area contributed by atoms with Gasteiger partial charge < -0.3 is 9.80 Å². The third-order valence-electron chi connectivity index (χ3n) is 7.55. The van der Waals surface area contributed by atoms with Gasteiger partial charge in [-0.2, -0.15) is 0 Å². The quantitative estimate of drug-likeness (QED) is 0.733. The Balaban J connectivity index is 1.58. The highest BCUT2D eigenvalue weighted by Gasteiger charge is 2.60. The summed E-state index contributed by atoms with van der Waals surface area (Å²) in [5.41, 5.74) is 4.04. The SMILES string of the molecule is CC(=O)N1C[C@@H]2C[C@@]3(C)[C@H](CCCC[C@@H]13)N2C(=O)c1cccnc1-c1scnc1C. The minimum atomic E-state index is -0.0382. The number of likely N-dealkylation sites (tertiary alicyclic amines) is 2. The first kappa shape index (κ1) is 19.7. The molecule has 0 N–H and O–H groups in total. The molecule has 5 rings (SSSR count). The van der Waals surface area contributed by atoms with Crippen molar-refractivity contribution >= 4 is 23.2 Å². The summed E-state index contributed by atoms with van der Waals surface area (Å²) in [5.74, 6) is 0.184. The van der Waals surface area contributed by atoms with E-state index in [9.17, 15) is 9.59 Å². The van der Waals surface area contributed by atoms with Crippen molar-refractivity contribution in [3.8, 4) is 10.6 Å². The maximum Gasteiger partial charge on any atom is 0.256 e. The number of fused-ring (bicyclic) bond motifs is 1. The van der Waals surface area contributed by atoms with Crippen molar-refractivity contribution in [2.24, 2.45) is 5.41 Å². The van der Waals surface area contributed by atoms with Crippen LogP contribution in [0.25, 0.3) is 10.6 Å². The fraction of sp³-hybridized carbons (Fsp3) is 0.565. The van der Waals surface area contributed by atoms with Crippen LogP contribution < -0.4 is 0 Å². The highest BCUT2D eigenvalue weighted by molar-refractivity contribution is 7.13. The molecular formula is C23H28N4O2S. The van der Waals surface area contributed by atoms with Crippen LogP contribution in [-0.2, 0) is 4.79 Å². The molecule has 7 heteroatoms. The predicted octanol–water partition coefficient (Wildman–Crippen LogP) is 3.91. The molecule has 1 saturated carbocycles. The number of nitrogens with zero attached hydrogens (tertiary/aromatic N) is 4. The number of carbonyl (C=O) groups is 2. The van der Waals surface area contributed by atoms with E-state index in [1.165, 1.54) is 11.3 Å². The maximum atomic E-state index is 14.0. The molecule has 3 aliphatic rings. The molecule has 2 saturated heterocycles. The number of thiazole rings is 1. The molecule has 1 aliphatic carbocycles. The van der Waals surface area contributed by atoms with E-state index in [4.69, 9.17) is 0 Å². The van der Waals surface area contributed by atoms with E-state index in [1.807, 2.05) is 19.1 Å². The van der Waals surface area contributed by atoms with Gasteiger partial charge in [-0.1, -0.05) is 19.8 Å². The molecule has 3 fully saturated rings. The second-order valence-corrected chi connectivity index (χ2v) is 10.1. The Kier molecular flexibility index (Phi) is 4.69. The molecule has 6 nitrogen and oxygen atoms in total. The van der Waals surface area contributed by atoms with Crippen molar-refractivity contribution in [2.75, 3.05) is 6.54 Å². The van der Waals surface area contributed by atoms with Gasteiger partial charge in [0.15, 0.2) is 0 Å². The number of aromatic nitrogens is 2. The minimum absolute atomic E-state index is 0.0382. The molecule has 4 heterocycles. The highest BCUT2D eigenvalue weighted by atomic mass is 32.1. The summed E-state index contributed by atoms with van der Waals surface area (Å²) in [6, 6.07) is 4.21. The number of pyridine rings is 1. The molecule has 2 amide bonds. The lowest BCUT2D eigenvalue weighted by Crippen LogP contribution is -2.55. The topological polar surface area (TPSA) is 66.4 Å². The standard InChI is InChI=1S/C23H28N4O2S/c1-14-21(30-13-25-14)20-17(7-6-10-24-20)22(29)27-16-11-23(3)18(26(12-16)15(2)28)8-4-5-9-19(23)27/h6-7,10,13,16,18-19H,4-5,8-9,11-12H2,1-3H3/t16-,18+,19-,23+/m0/s1. The number of rotatable bonds is 2. The molecule has 2 aromatic heterocycles. The summed E-state index contributed by atoms with van der Waals surface area (Å²) in [6.07, 6.45) is 7.00. The van der Waals surface area contributed by atoms with Crippen molar-refractivity contribution in [3.05, 3.63) is 35.1 Å². The minimum Gasteiger partial charge on any atom is -0.337 e. The molecule has 0 unspecified atom stereocenters. The van der Waals surface area contributed by atoms with Gasteiger partial charge in [0.1, 0.15) is 0 Å². The third-order valence-corrected chi connectivity index (χ3v) is 8.49. The number of aryl methyl sites for hydroxylation is 1. The van der Waals surface area contributed by atoms with E-state index in [0.717, 1.165) is 48.4 Å². The number of amides is 2. The summed E-state index contributed by atoms with van der Waals surface area (Å²) in [5, 5.41) is 0. The molecule has 2 aliphatic heterocycles. The smallest absolute Gasteiger partial charge is 0.256 e. The first-order chi connectivity index (χ1) is 14.4. The zero-order valence-corrected chi connectivity index (χ0v) is 18.6. The van der Waals surface area contributed by atoms with Crippen LogP contribution >= 0.6 is 11.3 Å². The summed E-state index contributed by atoms with van der Waals surface area (Å²) in [4.78, 5) is 40.6. The molecule has 2 bridgehead atoms. The van der Waals surface area contributed by atoms with Crippen LogP contribution in [0, 0.1) is 12.3 Å². The van der Waals surface area contributed by atoms with Crippen LogP contribution in [0.15, 0.2) is 23.8 Å². The number of hydrogen-bond acceptors (Lipinski definition) is 5. The second kappa shape index (κ2) is 7.15. The van der Waals surface area contributed by atoms with Gasteiger partial charge in [0, 0.05) is 37.2 Å². The summed E-state index contributed by atoms with van der Waals surface area (Å²) < 4.78 is 0. The Hall–Kier alpha value is -2.28. The van der Waals surface area contributed by atoms with Crippen molar-refractivity contribution < 1.29 is 9.59 Å². The lowest BCUT2D eigenvalue weighted by molar-refractivity contribution is -0.136. The van der Waals surface area contributed by atoms with Crippen LogP contribution in [0.1, 0.15) is 62.0 Å². The first-order valence-electron chi connectivity index (χ1n) is 10.9. The highest BCUT2D eigenvalue weighted by Crippen LogP contribution is 2.53. The largest absolute Gasteiger partial charge is 0.337 e. The monoisotopic (exact) mass is 424 g/mol. The van der Waals surface area contributed by atoms with Gasteiger partial charge in [0.2, 0.25) is 5.91 Å². The van der Waals surface area contributed by atoms with Gasteiger partial charge in [0.05, 0.1) is 33.4 Å². The van der Waals surface area contributed by atoms with E-state index in [-0.39, 0.29) is 35.4 Å². The van der Waals surface area contributed by atoms with Crippen molar-refractivity contribution in [1.82, 2.24) is 19.8 Å². The molecule has 0 aromatic carbocycles. The molecular weight excluding hydrogens is 396 g/mol. The lowest BCUT2D eigenvalue weighted by atomic mass is 9.71. The Morgan fingerprint density at radius 2 is 1.97 bits per heavy atom. The van der Waals surface area contributed by atoms with Gasteiger partial charge in [-0.25, -0.2) is 4.98 Å². The van der Waals surface area contributed by atoms with E-state index in [1.54, 1.807) is 18.6 Å². The molecule has 158 valence electrons. The summed E-state index contributed by atoms with van der Waals surface area (Å²) in [6.45, 7) is 6.58. The molecule has 0 radical (unpaired) electrons. The Labute approximate surface area is 181 Å². The lowest BCUT2D eigenvalue weighted by Gasteiger charge is -2.46. The van der Waals surface area contributed by atoms with Crippen LogP contribution in [0.2, 0.25) is 0 Å². The van der Waals surface area contributed by atoms with E-state index < -0.39 is 0 Å². The fourth-order valence-corrected chi connectivity index (χ4v) is 7.06. The first-order valence-corrected chi connectivity index (χ1v) is 11.7. The molecule has 2 aromatic rings. The van der Waals surface area contributed by atoms with Crippen molar-refractivity contribution in [3.63, 3.8) is 0 Å². The van der Waals surface area contributed by atoms with Crippen LogP contribution in [0.4, 0.5) is 0 Å². The van der Waals surface area contributed by atoms with E-state index in [2.05, 4.69) is 26.7 Å². The number of carbonyl (C=O) groups excluding carboxylic acids is 2. The normalized spacial score (nSPS) is 30.3. The molecule has 30 heavy (non-hydrogen) atoms. The van der Waals surface area contributed by atoms with Crippen LogP contribution in [0.3, 0.4) is 0 Å². The van der Waals surface area contributed by atoms with Crippen molar-refractivity contribution in [1.29, 1.82) is 0 Å². The van der Waals surface area contributed by atoms with Gasteiger partial charge >= 0.3 is 0 Å². The molecule has 0 spiro atoms. The van der Waals surface area contributed by atoms with Crippen molar-refractivity contribution in [2.45, 2.75) is 71.0 Å². The van der Waals surface area contributed by atoms with Gasteiger partial charge in [-0.3, -0.25) is 14.6 Å². The van der Waals surface area contributed by atoms with Crippen LogP contribution in [0.5, 0.6) is 0 Å². The average molecular weight is 425 g/mol. The van der Waals surface area contributed by atoms with Gasteiger partial charge in [-0.05, 0) is 38.3 Å². The predicted molar refractivity (Wildman–Crippen MR) is 116 cm³/mol. The number of piperidine rings is 1. The Morgan fingerprint density at radius 3 is 2.67 bits per heavy atom. The van der Waals surface area contributed by atoms with E-state index >= 15 is 0 Å². The fourth-order valence-electron chi connectivity index (χ4n) is 6.25. The number of hydrogen-bond donors (Lipinski definition) is 0. The second-order valence-electron chi connectivity index (χ2n) is 9.23. The summed E-state index contributed by atoms with van der Waals surface area (Å²) in [7, 11) is 0. The molecule has 4 atom stereocenters. The van der Waals surface area contributed by atoms with E-state index in [0.29, 0.717) is 12.1 Å². The van der Waals surface area contributed by atoms with Crippen LogP contribution in [-0.4, -0.2) is 56.3 Å². The third kappa shape index (κ3) is 2.82. The van der Waals surface area contributed by atoms with Gasteiger partial charge in [-0.15, -0.1) is 11.3 Å². The zero-order chi connectivity index (χ0) is 21.0. The van der Waals surface area contributed by atoms with Gasteiger partial charge in [0.25, 0.3) is 5.91 Å². The average Bonchev–Trinajstić information content (AvgIpc) is 3.19. The zero-order valence-electron chi connectivity index (χ0n) is 17.8. The maximum absolute atomic E-state index is 14.0. The Bertz CT molecular complexity index is 1000.